The minimum absolute atomic E-state index is 0.385. The molecular weight excluding hydrogens is 321 g/mol. The lowest BCUT2D eigenvalue weighted by molar-refractivity contribution is 0.168. The summed E-state index contributed by atoms with van der Waals surface area (Å²) in [5.74, 6) is 0.987. The van der Waals surface area contributed by atoms with Crippen LogP contribution in [0.25, 0.3) is 11.5 Å². The average Bonchev–Trinajstić information content (AvgIpc) is 3.08. The van der Waals surface area contributed by atoms with Crippen molar-refractivity contribution in [3.8, 4) is 11.5 Å². The van der Waals surface area contributed by atoms with Gasteiger partial charge in [0.15, 0.2) is 0 Å². The molecule has 1 aliphatic carbocycles. The quantitative estimate of drug-likeness (QED) is 0.799. The molecule has 23 heavy (non-hydrogen) atoms. The fourth-order valence-corrected chi connectivity index (χ4v) is 2.97. The van der Waals surface area contributed by atoms with E-state index in [9.17, 15) is 4.39 Å². The molecule has 1 saturated carbocycles. The summed E-state index contributed by atoms with van der Waals surface area (Å²) in [5.41, 5.74) is -0.183. The van der Waals surface area contributed by atoms with E-state index in [2.05, 4.69) is 24.9 Å². The van der Waals surface area contributed by atoms with Gasteiger partial charge in [0.05, 0.1) is 0 Å². The molecule has 2 aromatic rings. The number of hydrogen-bond donors (Lipinski definition) is 0. The number of rotatable bonds is 4. The monoisotopic (exact) mass is 337 g/mol. The Labute approximate surface area is 138 Å². The van der Waals surface area contributed by atoms with E-state index in [-0.39, 0.29) is 0 Å². The van der Waals surface area contributed by atoms with Gasteiger partial charge in [-0.15, -0.1) is 0 Å². The van der Waals surface area contributed by atoms with E-state index in [4.69, 9.17) is 16.1 Å². The van der Waals surface area contributed by atoms with Crippen molar-refractivity contribution in [3.63, 3.8) is 0 Å². The largest absolute Gasteiger partial charge is 0.336 e. The molecule has 1 saturated heterocycles. The maximum absolute atomic E-state index is 13.8. The Hall–Kier alpha value is -1.73. The molecule has 6 nitrogen and oxygen atoms in total. The Kier molecular flexibility index (Phi) is 3.69. The van der Waals surface area contributed by atoms with Crippen LogP contribution in [-0.4, -0.2) is 58.4 Å². The van der Waals surface area contributed by atoms with Crippen LogP contribution in [0.2, 0.25) is 5.15 Å². The summed E-state index contributed by atoms with van der Waals surface area (Å²) in [4.78, 5) is 12.6. The maximum Gasteiger partial charge on any atom is 0.266 e. The van der Waals surface area contributed by atoms with Gasteiger partial charge in [0.25, 0.3) is 11.8 Å². The second-order valence-electron chi connectivity index (χ2n) is 6.18. The zero-order chi connectivity index (χ0) is 15.9. The Bertz CT molecular complexity index is 697. The van der Waals surface area contributed by atoms with Gasteiger partial charge in [-0.2, -0.15) is 4.98 Å². The van der Waals surface area contributed by atoms with E-state index in [1.54, 1.807) is 18.3 Å². The van der Waals surface area contributed by atoms with Crippen LogP contribution in [0, 0.1) is 0 Å². The van der Waals surface area contributed by atoms with Crippen molar-refractivity contribution >= 4 is 17.5 Å². The van der Waals surface area contributed by atoms with E-state index in [0.29, 0.717) is 36.4 Å². The highest BCUT2D eigenvalue weighted by atomic mass is 35.5. The molecule has 0 N–H and O–H groups in total. The summed E-state index contributed by atoms with van der Waals surface area (Å²) in [7, 11) is 0. The number of halogens is 2. The number of nitrogens with zero attached hydrogens (tertiary/aromatic N) is 5. The second kappa shape index (κ2) is 5.72. The van der Waals surface area contributed by atoms with E-state index >= 15 is 0 Å². The molecule has 1 aliphatic heterocycles. The average molecular weight is 338 g/mol. The predicted molar refractivity (Wildman–Crippen MR) is 84.3 cm³/mol. The van der Waals surface area contributed by atoms with Crippen molar-refractivity contribution in [2.75, 3.05) is 37.6 Å². The Morgan fingerprint density at radius 2 is 2.04 bits per heavy atom. The molecule has 2 aliphatic rings. The summed E-state index contributed by atoms with van der Waals surface area (Å²) in [6.45, 7) is 3.72. The SMILES string of the molecule is FC1(CN2CCN(c3noc(-c4ccnc(Cl)c4)n3)CC2)CC1. The molecule has 4 rings (SSSR count). The molecule has 122 valence electrons. The lowest BCUT2D eigenvalue weighted by Crippen LogP contribution is -2.48. The molecule has 2 aromatic heterocycles. The minimum Gasteiger partial charge on any atom is -0.336 e. The molecule has 0 spiro atoms. The summed E-state index contributed by atoms with van der Waals surface area (Å²) in [6.07, 6.45) is 3.01. The van der Waals surface area contributed by atoms with Crippen LogP contribution in [0.1, 0.15) is 12.8 Å². The summed E-state index contributed by atoms with van der Waals surface area (Å²) < 4.78 is 19.1. The molecular formula is C15H17ClFN5O. The first kappa shape index (κ1) is 14.8. The van der Waals surface area contributed by atoms with Crippen LogP contribution >= 0.6 is 11.6 Å². The Morgan fingerprint density at radius 1 is 1.26 bits per heavy atom. The van der Waals surface area contributed by atoms with Gasteiger partial charge in [0.1, 0.15) is 10.8 Å². The highest BCUT2D eigenvalue weighted by Gasteiger charge is 2.44. The van der Waals surface area contributed by atoms with Crippen LogP contribution in [0.4, 0.5) is 10.3 Å². The predicted octanol–water partition coefficient (Wildman–Crippen LogP) is 2.41. The first-order chi connectivity index (χ1) is 11.1. The van der Waals surface area contributed by atoms with Gasteiger partial charge in [-0.05, 0) is 30.1 Å². The summed E-state index contributed by atoms with van der Waals surface area (Å²) in [6, 6.07) is 3.46. The van der Waals surface area contributed by atoms with Crippen molar-refractivity contribution in [1.82, 2.24) is 20.0 Å². The van der Waals surface area contributed by atoms with Gasteiger partial charge in [-0.1, -0.05) is 11.6 Å². The first-order valence-corrected chi connectivity index (χ1v) is 8.11. The number of hydrogen-bond acceptors (Lipinski definition) is 6. The van der Waals surface area contributed by atoms with Crippen LogP contribution in [0.15, 0.2) is 22.9 Å². The number of aromatic nitrogens is 3. The third-order valence-electron chi connectivity index (χ3n) is 4.34. The molecule has 0 aromatic carbocycles. The van der Waals surface area contributed by atoms with Gasteiger partial charge in [0.2, 0.25) is 0 Å². The van der Waals surface area contributed by atoms with Gasteiger partial charge >= 0.3 is 0 Å². The highest BCUT2D eigenvalue weighted by molar-refractivity contribution is 6.29. The molecule has 2 fully saturated rings. The molecule has 0 amide bonds. The highest BCUT2D eigenvalue weighted by Crippen LogP contribution is 2.40. The smallest absolute Gasteiger partial charge is 0.266 e. The second-order valence-corrected chi connectivity index (χ2v) is 6.57. The summed E-state index contributed by atoms with van der Waals surface area (Å²) >= 11 is 5.88. The molecule has 0 unspecified atom stereocenters. The van der Waals surface area contributed by atoms with E-state index in [0.717, 1.165) is 31.7 Å². The van der Waals surface area contributed by atoms with Crippen molar-refractivity contribution in [2.45, 2.75) is 18.5 Å². The van der Waals surface area contributed by atoms with Gasteiger partial charge < -0.3 is 9.42 Å². The van der Waals surface area contributed by atoms with E-state index < -0.39 is 5.67 Å². The maximum atomic E-state index is 13.8. The lowest BCUT2D eigenvalue weighted by Gasteiger charge is -2.34. The normalized spacial score (nSPS) is 20.7. The number of piperazine rings is 1. The zero-order valence-corrected chi connectivity index (χ0v) is 13.3. The minimum atomic E-state index is -0.928. The van der Waals surface area contributed by atoms with Crippen LogP contribution in [-0.2, 0) is 0 Å². The molecule has 0 atom stereocenters. The van der Waals surface area contributed by atoms with Crippen molar-refractivity contribution in [2.24, 2.45) is 0 Å². The lowest BCUT2D eigenvalue weighted by atomic mass is 10.2. The van der Waals surface area contributed by atoms with Crippen molar-refractivity contribution in [1.29, 1.82) is 0 Å². The van der Waals surface area contributed by atoms with Crippen LogP contribution in [0.5, 0.6) is 0 Å². The van der Waals surface area contributed by atoms with Crippen LogP contribution < -0.4 is 4.90 Å². The Morgan fingerprint density at radius 3 is 2.74 bits per heavy atom. The number of alkyl halides is 1. The van der Waals surface area contributed by atoms with Gasteiger partial charge in [-0.3, -0.25) is 4.90 Å². The molecule has 0 radical (unpaired) electrons. The standard InChI is InChI=1S/C15H17ClFN5O/c16-12-9-11(1-4-18-12)13-19-14(20-23-13)22-7-5-21(6-8-22)10-15(17)2-3-15/h1,4,9H,2-3,5-8,10H2. The first-order valence-electron chi connectivity index (χ1n) is 7.73. The van der Waals surface area contributed by atoms with Gasteiger partial charge in [0, 0.05) is 44.5 Å². The van der Waals surface area contributed by atoms with Crippen LogP contribution in [0.3, 0.4) is 0 Å². The third-order valence-corrected chi connectivity index (χ3v) is 4.55. The zero-order valence-electron chi connectivity index (χ0n) is 12.6. The third kappa shape index (κ3) is 3.30. The molecule has 8 heteroatoms. The van der Waals surface area contributed by atoms with Crippen molar-refractivity contribution in [3.05, 3.63) is 23.5 Å². The Balaban J connectivity index is 1.40. The molecule has 0 bridgehead atoms. The topological polar surface area (TPSA) is 58.3 Å². The number of anilines is 1. The van der Waals surface area contributed by atoms with Crippen molar-refractivity contribution < 1.29 is 8.91 Å². The van der Waals surface area contributed by atoms with E-state index in [1.165, 1.54) is 0 Å². The summed E-state index contributed by atoms with van der Waals surface area (Å²) in [5, 5.41) is 4.43. The molecule has 3 heterocycles. The van der Waals surface area contributed by atoms with Gasteiger partial charge in [-0.25, -0.2) is 9.37 Å². The fraction of sp³-hybridized carbons (Fsp3) is 0.533. The number of pyridine rings is 1. The fourth-order valence-electron chi connectivity index (χ4n) is 2.80. The van der Waals surface area contributed by atoms with E-state index in [1.807, 2.05) is 0 Å².